The molecule has 4 atom stereocenters. The van der Waals surface area contributed by atoms with E-state index in [1.165, 1.54) is 7.11 Å². The van der Waals surface area contributed by atoms with Crippen LogP contribution in [-0.2, 0) is 23.8 Å². The third-order valence-corrected chi connectivity index (χ3v) is 5.47. The molecule has 0 saturated heterocycles. The summed E-state index contributed by atoms with van der Waals surface area (Å²) in [5.74, 6) is -2.70. The van der Waals surface area contributed by atoms with Crippen molar-refractivity contribution in [3.05, 3.63) is 71.8 Å². The molecular weight excluding hydrogens is 400 g/mol. The van der Waals surface area contributed by atoms with E-state index in [0.29, 0.717) is 17.4 Å². The number of aldehydes is 1. The molecule has 0 unspecified atom stereocenters. The molecule has 0 spiro atoms. The summed E-state index contributed by atoms with van der Waals surface area (Å²) in [5, 5.41) is 0. The van der Waals surface area contributed by atoms with Crippen LogP contribution in [0.4, 0.5) is 0 Å². The first-order valence-electron chi connectivity index (χ1n) is 10.1. The van der Waals surface area contributed by atoms with Crippen molar-refractivity contribution in [1.29, 1.82) is 0 Å². The Morgan fingerprint density at radius 3 is 1.87 bits per heavy atom. The molecule has 31 heavy (non-hydrogen) atoms. The highest BCUT2D eigenvalue weighted by molar-refractivity contribution is 5.90. The molecule has 0 heterocycles. The van der Waals surface area contributed by atoms with E-state index < -0.39 is 42.0 Å². The van der Waals surface area contributed by atoms with Crippen LogP contribution < -0.4 is 0 Å². The Kier molecular flexibility index (Phi) is 7.54. The van der Waals surface area contributed by atoms with Gasteiger partial charge in [0.15, 0.2) is 0 Å². The van der Waals surface area contributed by atoms with E-state index in [9.17, 15) is 19.2 Å². The molecular formula is C24H24O7. The molecule has 162 valence electrons. The molecule has 7 heteroatoms. The van der Waals surface area contributed by atoms with E-state index in [1.807, 2.05) is 0 Å². The van der Waals surface area contributed by atoms with Crippen molar-refractivity contribution in [1.82, 2.24) is 0 Å². The number of esters is 3. The maximum absolute atomic E-state index is 12.6. The third-order valence-electron chi connectivity index (χ3n) is 5.47. The fourth-order valence-electron chi connectivity index (χ4n) is 3.86. The highest BCUT2D eigenvalue weighted by atomic mass is 16.6. The van der Waals surface area contributed by atoms with Gasteiger partial charge in [0, 0.05) is 18.8 Å². The first kappa shape index (κ1) is 22.2. The third kappa shape index (κ3) is 5.57. The number of rotatable bonds is 8. The van der Waals surface area contributed by atoms with Crippen LogP contribution in [0, 0.1) is 11.8 Å². The quantitative estimate of drug-likeness (QED) is 0.365. The zero-order chi connectivity index (χ0) is 22.2. The van der Waals surface area contributed by atoms with Crippen molar-refractivity contribution < 1.29 is 33.4 Å². The summed E-state index contributed by atoms with van der Waals surface area (Å²) < 4.78 is 16.0. The molecule has 0 N–H and O–H groups in total. The lowest BCUT2D eigenvalue weighted by molar-refractivity contribution is -0.141. The SMILES string of the molecule is COC(=O)CC[C@H]1[C@@H](C=O)[C@H](OC(=O)c2ccccc2)C[C@@H]1OC(=O)c1ccccc1. The molecule has 3 rings (SSSR count). The second-order valence-corrected chi connectivity index (χ2v) is 7.35. The van der Waals surface area contributed by atoms with Crippen molar-refractivity contribution in [2.75, 3.05) is 7.11 Å². The Morgan fingerprint density at radius 1 is 0.871 bits per heavy atom. The van der Waals surface area contributed by atoms with Crippen LogP contribution in [0.25, 0.3) is 0 Å². The van der Waals surface area contributed by atoms with Crippen LogP contribution in [0.2, 0.25) is 0 Å². The average molecular weight is 424 g/mol. The van der Waals surface area contributed by atoms with Gasteiger partial charge in [0.05, 0.1) is 24.2 Å². The lowest BCUT2D eigenvalue weighted by Gasteiger charge is -2.22. The van der Waals surface area contributed by atoms with Gasteiger partial charge in [-0.05, 0) is 30.7 Å². The molecule has 1 saturated carbocycles. The lowest BCUT2D eigenvalue weighted by Crippen LogP contribution is -2.29. The molecule has 1 fully saturated rings. The van der Waals surface area contributed by atoms with Gasteiger partial charge in [-0.1, -0.05) is 36.4 Å². The van der Waals surface area contributed by atoms with Crippen LogP contribution >= 0.6 is 0 Å². The van der Waals surface area contributed by atoms with Crippen molar-refractivity contribution in [3.8, 4) is 0 Å². The van der Waals surface area contributed by atoms with E-state index in [4.69, 9.17) is 14.2 Å². The Balaban J connectivity index is 1.77. The number of carbonyl (C=O) groups is 4. The van der Waals surface area contributed by atoms with Gasteiger partial charge in [0.1, 0.15) is 18.5 Å². The first-order valence-corrected chi connectivity index (χ1v) is 10.1. The summed E-state index contributed by atoms with van der Waals surface area (Å²) in [5.41, 5.74) is 0.740. The van der Waals surface area contributed by atoms with Crippen molar-refractivity contribution in [3.63, 3.8) is 0 Å². The summed E-state index contributed by atoms with van der Waals surface area (Å²) in [6, 6.07) is 16.9. The van der Waals surface area contributed by atoms with Crippen molar-refractivity contribution >= 4 is 24.2 Å². The minimum Gasteiger partial charge on any atom is -0.469 e. The number of methoxy groups -OCH3 is 1. The smallest absolute Gasteiger partial charge is 0.338 e. The topological polar surface area (TPSA) is 96.0 Å². The van der Waals surface area contributed by atoms with Crippen molar-refractivity contribution in [2.45, 2.75) is 31.5 Å². The Bertz CT molecular complexity index is 910. The van der Waals surface area contributed by atoms with Crippen molar-refractivity contribution in [2.24, 2.45) is 11.8 Å². The molecule has 0 radical (unpaired) electrons. The van der Waals surface area contributed by atoms with Gasteiger partial charge in [-0.3, -0.25) is 4.79 Å². The summed E-state index contributed by atoms with van der Waals surface area (Å²) in [6.07, 6.45) is -0.234. The first-order chi connectivity index (χ1) is 15.0. The fraction of sp³-hybridized carbons (Fsp3) is 0.333. The maximum atomic E-state index is 12.6. The number of hydrogen-bond acceptors (Lipinski definition) is 7. The Morgan fingerprint density at radius 2 is 1.39 bits per heavy atom. The van der Waals surface area contributed by atoms with E-state index in [2.05, 4.69) is 0 Å². The molecule has 7 nitrogen and oxygen atoms in total. The van der Waals surface area contributed by atoms with Crippen LogP contribution in [0.1, 0.15) is 40.0 Å². The Hall–Kier alpha value is -3.48. The van der Waals surface area contributed by atoms with E-state index >= 15 is 0 Å². The fourth-order valence-corrected chi connectivity index (χ4v) is 3.86. The summed E-state index contributed by atoms with van der Waals surface area (Å²) in [6.45, 7) is 0. The summed E-state index contributed by atoms with van der Waals surface area (Å²) in [4.78, 5) is 48.7. The summed E-state index contributed by atoms with van der Waals surface area (Å²) in [7, 11) is 1.28. The predicted octanol–water partition coefficient (Wildman–Crippen LogP) is 3.23. The number of ether oxygens (including phenoxy) is 3. The number of carbonyl (C=O) groups excluding carboxylic acids is 4. The average Bonchev–Trinajstić information content (AvgIpc) is 3.13. The highest BCUT2D eigenvalue weighted by Gasteiger charge is 2.47. The molecule has 0 amide bonds. The van der Waals surface area contributed by atoms with E-state index in [1.54, 1.807) is 60.7 Å². The molecule has 2 aromatic carbocycles. The monoisotopic (exact) mass is 424 g/mol. The predicted molar refractivity (Wildman–Crippen MR) is 110 cm³/mol. The molecule has 0 aliphatic heterocycles. The Labute approximate surface area is 180 Å². The van der Waals surface area contributed by atoms with E-state index in [0.717, 1.165) is 0 Å². The molecule has 0 aromatic heterocycles. The molecule has 2 aromatic rings. The highest BCUT2D eigenvalue weighted by Crippen LogP contribution is 2.39. The largest absolute Gasteiger partial charge is 0.469 e. The van der Waals surface area contributed by atoms with Gasteiger partial charge in [-0.15, -0.1) is 0 Å². The van der Waals surface area contributed by atoms with E-state index in [-0.39, 0.29) is 19.3 Å². The van der Waals surface area contributed by atoms with Crippen LogP contribution in [0.15, 0.2) is 60.7 Å². The molecule has 1 aliphatic rings. The standard InChI is InChI=1S/C24H24O7/c1-29-22(26)13-12-18-19(15-25)21(31-24(28)17-10-6-3-7-11-17)14-20(18)30-23(27)16-8-4-2-5-9-16/h2-11,15,18-21H,12-14H2,1H3/t18-,19+,20-,21+/m0/s1. The minimum atomic E-state index is -0.763. The molecule has 1 aliphatic carbocycles. The second kappa shape index (κ2) is 10.5. The number of hydrogen-bond donors (Lipinski definition) is 0. The van der Waals surface area contributed by atoms with Gasteiger partial charge in [-0.2, -0.15) is 0 Å². The van der Waals surface area contributed by atoms with Crippen LogP contribution in [0.3, 0.4) is 0 Å². The lowest BCUT2D eigenvalue weighted by atomic mass is 9.90. The van der Waals surface area contributed by atoms with Crippen LogP contribution in [0.5, 0.6) is 0 Å². The van der Waals surface area contributed by atoms with Gasteiger partial charge in [0.2, 0.25) is 0 Å². The second-order valence-electron chi connectivity index (χ2n) is 7.35. The zero-order valence-corrected chi connectivity index (χ0v) is 17.1. The normalized spacial score (nSPS) is 22.4. The van der Waals surface area contributed by atoms with Gasteiger partial charge >= 0.3 is 17.9 Å². The maximum Gasteiger partial charge on any atom is 0.338 e. The number of benzene rings is 2. The van der Waals surface area contributed by atoms with Gasteiger partial charge < -0.3 is 19.0 Å². The van der Waals surface area contributed by atoms with Gasteiger partial charge in [-0.25, -0.2) is 9.59 Å². The zero-order valence-electron chi connectivity index (χ0n) is 17.1. The molecule has 0 bridgehead atoms. The van der Waals surface area contributed by atoms with Gasteiger partial charge in [0.25, 0.3) is 0 Å². The van der Waals surface area contributed by atoms with Crippen LogP contribution in [-0.4, -0.2) is 43.5 Å². The minimum absolute atomic E-state index is 0.0598. The summed E-state index contributed by atoms with van der Waals surface area (Å²) >= 11 is 0.